The van der Waals surface area contributed by atoms with Gasteiger partial charge in [-0.1, -0.05) is 0 Å². The third kappa shape index (κ3) is 4.79. The number of aromatic nitrogens is 3. The third-order valence-electron chi connectivity index (χ3n) is 5.37. The fourth-order valence-electron chi connectivity index (χ4n) is 3.57. The second-order valence-electron chi connectivity index (χ2n) is 7.49. The van der Waals surface area contributed by atoms with Crippen LogP contribution in [0.2, 0.25) is 0 Å². The van der Waals surface area contributed by atoms with Crippen LogP contribution >= 0.6 is 0 Å². The largest absolute Gasteiger partial charge is 0.416 e. The van der Waals surface area contributed by atoms with E-state index in [0.29, 0.717) is 37.4 Å². The highest BCUT2D eigenvalue weighted by molar-refractivity contribution is 5.95. The van der Waals surface area contributed by atoms with Gasteiger partial charge in [-0.05, 0) is 55.3 Å². The summed E-state index contributed by atoms with van der Waals surface area (Å²) in [6, 6.07) is 9.44. The number of hydrogen-bond acceptors (Lipinski definition) is 4. The summed E-state index contributed by atoms with van der Waals surface area (Å²) < 4.78 is 39.7. The quantitative estimate of drug-likeness (QED) is 0.666. The first-order chi connectivity index (χ1) is 15.3. The molecular formula is C22H20F3N5O2. The first-order valence-corrected chi connectivity index (χ1v) is 10.0. The Morgan fingerprint density at radius 1 is 1.03 bits per heavy atom. The summed E-state index contributed by atoms with van der Waals surface area (Å²) in [6.07, 6.45) is 1.46. The van der Waals surface area contributed by atoms with E-state index in [9.17, 15) is 22.8 Å². The van der Waals surface area contributed by atoms with Crippen LogP contribution in [-0.4, -0.2) is 44.6 Å². The van der Waals surface area contributed by atoms with E-state index < -0.39 is 11.7 Å². The molecule has 0 saturated carbocycles. The minimum Gasteiger partial charge on any atom is -0.339 e. The molecule has 0 unspecified atom stereocenters. The van der Waals surface area contributed by atoms with Crippen LogP contribution in [0.5, 0.6) is 0 Å². The minimum atomic E-state index is -4.44. The molecule has 0 spiro atoms. The Morgan fingerprint density at radius 2 is 1.75 bits per heavy atom. The van der Waals surface area contributed by atoms with Gasteiger partial charge in [0.05, 0.1) is 17.4 Å². The van der Waals surface area contributed by atoms with Gasteiger partial charge in [0.15, 0.2) is 5.82 Å². The Bertz CT molecular complexity index is 1070. The van der Waals surface area contributed by atoms with Gasteiger partial charge < -0.3 is 10.2 Å². The van der Waals surface area contributed by atoms with E-state index in [1.807, 2.05) is 0 Å². The number of alkyl halides is 3. The fourth-order valence-corrected chi connectivity index (χ4v) is 3.57. The third-order valence-corrected chi connectivity index (χ3v) is 5.37. The van der Waals surface area contributed by atoms with E-state index in [0.717, 1.165) is 12.1 Å². The van der Waals surface area contributed by atoms with Crippen molar-refractivity contribution < 1.29 is 22.8 Å². The molecule has 32 heavy (non-hydrogen) atoms. The number of carbonyl (C=O) groups excluding carboxylic acids is 2. The molecule has 1 N–H and O–H groups in total. The van der Waals surface area contributed by atoms with Gasteiger partial charge in [0.25, 0.3) is 5.91 Å². The van der Waals surface area contributed by atoms with Gasteiger partial charge >= 0.3 is 6.18 Å². The van der Waals surface area contributed by atoms with Crippen molar-refractivity contribution in [1.82, 2.24) is 19.7 Å². The molecule has 0 atom stereocenters. The molecule has 2 amide bonds. The Hall–Kier alpha value is -3.69. The molecule has 3 aromatic rings. The topological polar surface area (TPSA) is 80.1 Å². The van der Waals surface area contributed by atoms with Gasteiger partial charge in [-0.25, -0.2) is 9.67 Å². The van der Waals surface area contributed by atoms with Crippen molar-refractivity contribution in [2.45, 2.75) is 19.0 Å². The molecule has 3 heterocycles. The lowest BCUT2D eigenvalue weighted by Crippen LogP contribution is -2.41. The summed E-state index contributed by atoms with van der Waals surface area (Å²) in [7, 11) is 0. The number of hydrogen-bond donors (Lipinski definition) is 1. The van der Waals surface area contributed by atoms with E-state index in [1.54, 1.807) is 46.4 Å². The van der Waals surface area contributed by atoms with Gasteiger partial charge in [-0.3, -0.25) is 9.59 Å². The van der Waals surface area contributed by atoms with Crippen LogP contribution in [0.4, 0.5) is 18.9 Å². The molecule has 1 saturated heterocycles. The zero-order valence-corrected chi connectivity index (χ0v) is 16.9. The van der Waals surface area contributed by atoms with Crippen LogP contribution in [-0.2, 0) is 11.0 Å². The second kappa shape index (κ2) is 8.81. The first kappa shape index (κ1) is 21.5. The van der Waals surface area contributed by atoms with E-state index in [2.05, 4.69) is 15.4 Å². The van der Waals surface area contributed by atoms with Crippen molar-refractivity contribution in [3.05, 3.63) is 72.2 Å². The predicted octanol–water partition coefficient (Wildman–Crippen LogP) is 3.78. The Balaban J connectivity index is 1.30. The first-order valence-electron chi connectivity index (χ1n) is 10.0. The van der Waals surface area contributed by atoms with Crippen LogP contribution in [0.3, 0.4) is 0 Å². The summed E-state index contributed by atoms with van der Waals surface area (Å²) in [5, 5.41) is 6.93. The monoisotopic (exact) mass is 443 g/mol. The number of rotatable bonds is 4. The molecule has 4 rings (SSSR count). The van der Waals surface area contributed by atoms with Gasteiger partial charge in [0.2, 0.25) is 5.91 Å². The number of halogens is 3. The number of amides is 2. The Labute approximate surface area is 181 Å². The number of pyridine rings is 1. The molecule has 0 radical (unpaired) electrons. The average molecular weight is 443 g/mol. The van der Waals surface area contributed by atoms with Crippen molar-refractivity contribution in [1.29, 1.82) is 0 Å². The van der Waals surface area contributed by atoms with Gasteiger partial charge in [-0.15, -0.1) is 0 Å². The molecule has 1 aliphatic heterocycles. The zero-order valence-electron chi connectivity index (χ0n) is 16.9. The van der Waals surface area contributed by atoms with Crippen molar-refractivity contribution >= 4 is 17.5 Å². The maximum Gasteiger partial charge on any atom is 0.416 e. The molecular weight excluding hydrogens is 423 g/mol. The summed E-state index contributed by atoms with van der Waals surface area (Å²) in [5.74, 6) is -0.128. The van der Waals surface area contributed by atoms with Gasteiger partial charge in [-0.2, -0.15) is 18.3 Å². The second-order valence-corrected chi connectivity index (χ2v) is 7.49. The number of anilines is 1. The standard InChI is InChI=1S/C22H20F3N5O2/c23-22(24,25)17-4-2-16(3-5-17)21(32)29-12-8-15(9-13-29)20(31)28-18-6-7-19(26-14-18)30-11-1-10-27-30/h1-7,10-11,14-15H,8-9,12-13H2,(H,28,31). The Morgan fingerprint density at radius 3 is 2.31 bits per heavy atom. The number of nitrogens with zero attached hydrogens (tertiary/aromatic N) is 4. The maximum atomic E-state index is 12.7. The molecule has 2 aromatic heterocycles. The van der Waals surface area contributed by atoms with Gasteiger partial charge in [0.1, 0.15) is 0 Å². The lowest BCUT2D eigenvalue weighted by molar-refractivity contribution is -0.137. The van der Waals surface area contributed by atoms with E-state index >= 15 is 0 Å². The van der Waals surface area contributed by atoms with Crippen LogP contribution in [0.15, 0.2) is 61.1 Å². The van der Waals surface area contributed by atoms with Crippen LogP contribution in [0, 0.1) is 5.92 Å². The molecule has 0 aliphatic carbocycles. The molecule has 1 aromatic carbocycles. The molecule has 10 heteroatoms. The van der Waals surface area contributed by atoms with Crippen molar-refractivity contribution in [2.24, 2.45) is 5.92 Å². The van der Waals surface area contributed by atoms with Gasteiger partial charge in [0, 0.05) is 37.0 Å². The number of nitrogens with one attached hydrogen (secondary N) is 1. The predicted molar refractivity (Wildman–Crippen MR) is 110 cm³/mol. The number of likely N-dealkylation sites (tertiary alicyclic amines) is 1. The summed E-state index contributed by atoms with van der Waals surface area (Å²) in [6.45, 7) is 0.711. The van der Waals surface area contributed by atoms with Crippen LogP contribution in [0.1, 0.15) is 28.8 Å². The highest BCUT2D eigenvalue weighted by Crippen LogP contribution is 2.29. The van der Waals surface area contributed by atoms with E-state index in [-0.39, 0.29) is 23.3 Å². The van der Waals surface area contributed by atoms with Crippen LogP contribution in [0.25, 0.3) is 5.82 Å². The SMILES string of the molecule is O=C(Nc1ccc(-n2cccn2)nc1)C1CCN(C(=O)c2ccc(C(F)(F)F)cc2)CC1. The normalized spacial score (nSPS) is 14.9. The van der Waals surface area contributed by atoms with E-state index in [4.69, 9.17) is 0 Å². The van der Waals surface area contributed by atoms with Crippen molar-refractivity contribution in [2.75, 3.05) is 18.4 Å². The minimum absolute atomic E-state index is 0.153. The summed E-state index contributed by atoms with van der Waals surface area (Å²) >= 11 is 0. The molecule has 7 nitrogen and oxygen atoms in total. The van der Waals surface area contributed by atoms with Crippen molar-refractivity contribution in [3.63, 3.8) is 0 Å². The lowest BCUT2D eigenvalue weighted by Gasteiger charge is -2.31. The zero-order chi connectivity index (χ0) is 22.7. The number of piperidine rings is 1. The maximum absolute atomic E-state index is 12.7. The molecule has 1 fully saturated rings. The summed E-state index contributed by atoms with van der Waals surface area (Å²) in [5.41, 5.74) is -0.0324. The lowest BCUT2D eigenvalue weighted by atomic mass is 9.95. The smallest absolute Gasteiger partial charge is 0.339 e. The average Bonchev–Trinajstić information content (AvgIpc) is 3.34. The van der Waals surface area contributed by atoms with Crippen LogP contribution < -0.4 is 5.32 Å². The number of carbonyl (C=O) groups is 2. The fraction of sp³-hybridized carbons (Fsp3) is 0.273. The molecule has 0 bridgehead atoms. The molecule has 1 aliphatic rings. The highest BCUT2D eigenvalue weighted by atomic mass is 19.4. The number of benzene rings is 1. The Kier molecular flexibility index (Phi) is 5.93. The van der Waals surface area contributed by atoms with E-state index in [1.165, 1.54) is 12.1 Å². The van der Waals surface area contributed by atoms with Crippen molar-refractivity contribution in [3.8, 4) is 5.82 Å². The summed E-state index contributed by atoms with van der Waals surface area (Å²) in [4.78, 5) is 31.0. The molecule has 166 valence electrons. The highest BCUT2D eigenvalue weighted by Gasteiger charge is 2.31.